The van der Waals surface area contributed by atoms with Gasteiger partial charge in [-0.3, -0.25) is 0 Å². The third-order valence-corrected chi connectivity index (χ3v) is 3.34. The molecule has 0 radical (unpaired) electrons. The Kier molecular flexibility index (Phi) is 3.85. The lowest BCUT2D eigenvalue weighted by Crippen LogP contribution is -1.99. The van der Waals surface area contributed by atoms with Crippen LogP contribution in [0.3, 0.4) is 0 Å². The lowest BCUT2D eigenvalue weighted by molar-refractivity contribution is 0.868. The number of nitrogens with zero attached hydrogens (tertiary/aromatic N) is 1. The number of rotatable bonds is 4. The van der Waals surface area contributed by atoms with E-state index >= 15 is 0 Å². The molecule has 96 valence electrons. The first-order valence-electron chi connectivity index (χ1n) is 6.77. The van der Waals surface area contributed by atoms with Crippen LogP contribution in [0.15, 0.2) is 24.3 Å². The van der Waals surface area contributed by atoms with Crippen molar-refractivity contribution in [3.63, 3.8) is 0 Å². The quantitative estimate of drug-likeness (QED) is 0.862. The average molecular weight is 242 g/mol. The molecular weight excluding hydrogens is 220 g/mol. The predicted octanol–water partition coefficient (Wildman–Crippen LogP) is 4.35. The van der Waals surface area contributed by atoms with Gasteiger partial charge in [0.15, 0.2) is 0 Å². The van der Waals surface area contributed by atoms with Gasteiger partial charge >= 0.3 is 0 Å². The summed E-state index contributed by atoms with van der Waals surface area (Å²) in [6.45, 7) is 6.65. The van der Waals surface area contributed by atoms with E-state index < -0.39 is 0 Å². The van der Waals surface area contributed by atoms with Gasteiger partial charge in [0.25, 0.3) is 0 Å². The monoisotopic (exact) mass is 242 g/mol. The summed E-state index contributed by atoms with van der Waals surface area (Å²) in [6, 6.07) is 8.86. The van der Waals surface area contributed by atoms with E-state index in [4.69, 9.17) is 4.98 Å². The minimum atomic E-state index is 0.563. The first-order valence-corrected chi connectivity index (χ1v) is 6.77. The number of aryl methyl sites for hydroxylation is 1. The van der Waals surface area contributed by atoms with Crippen LogP contribution in [0.5, 0.6) is 0 Å². The number of pyridine rings is 1. The SMILES string of the molecule is CCCc1cc2cc(C(C)C)ccc2nc1NC. The van der Waals surface area contributed by atoms with E-state index in [9.17, 15) is 0 Å². The Hall–Kier alpha value is -1.57. The first kappa shape index (κ1) is 12.9. The molecule has 0 saturated heterocycles. The summed E-state index contributed by atoms with van der Waals surface area (Å²) in [4.78, 5) is 4.70. The lowest BCUT2D eigenvalue weighted by Gasteiger charge is -2.11. The van der Waals surface area contributed by atoms with Crippen molar-refractivity contribution in [2.24, 2.45) is 0 Å². The van der Waals surface area contributed by atoms with Crippen LogP contribution in [0.2, 0.25) is 0 Å². The van der Waals surface area contributed by atoms with E-state index in [0.29, 0.717) is 5.92 Å². The van der Waals surface area contributed by atoms with Gasteiger partial charge in [0.1, 0.15) is 5.82 Å². The smallest absolute Gasteiger partial charge is 0.129 e. The zero-order valence-corrected chi connectivity index (χ0v) is 11.7. The van der Waals surface area contributed by atoms with Crippen molar-refractivity contribution in [2.75, 3.05) is 12.4 Å². The maximum atomic E-state index is 4.70. The van der Waals surface area contributed by atoms with Crippen molar-refractivity contribution in [3.05, 3.63) is 35.4 Å². The summed E-state index contributed by atoms with van der Waals surface area (Å²) >= 11 is 0. The van der Waals surface area contributed by atoms with E-state index in [0.717, 1.165) is 24.2 Å². The lowest BCUT2D eigenvalue weighted by atomic mass is 10.00. The molecule has 2 aromatic rings. The third kappa shape index (κ3) is 2.47. The first-order chi connectivity index (χ1) is 8.65. The molecule has 0 aliphatic heterocycles. The maximum Gasteiger partial charge on any atom is 0.129 e. The zero-order chi connectivity index (χ0) is 13.1. The highest BCUT2D eigenvalue weighted by Gasteiger charge is 2.07. The molecule has 0 unspecified atom stereocenters. The average Bonchev–Trinajstić information content (AvgIpc) is 2.37. The Morgan fingerprint density at radius 3 is 2.61 bits per heavy atom. The van der Waals surface area contributed by atoms with Gasteiger partial charge in [0.2, 0.25) is 0 Å². The molecule has 1 aromatic heterocycles. The molecule has 0 bridgehead atoms. The number of hydrogen-bond donors (Lipinski definition) is 1. The fraction of sp³-hybridized carbons (Fsp3) is 0.438. The van der Waals surface area contributed by atoms with Crippen LogP contribution in [0.4, 0.5) is 5.82 Å². The fourth-order valence-electron chi connectivity index (χ4n) is 2.27. The molecule has 0 aliphatic rings. The number of benzene rings is 1. The molecule has 0 spiro atoms. The molecule has 0 atom stereocenters. The second-order valence-corrected chi connectivity index (χ2v) is 5.10. The van der Waals surface area contributed by atoms with E-state index in [1.54, 1.807) is 0 Å². The zero-order valence-electron chi connectivity index (χ0n) is 11.7. The Morgan fingerprint density at radius 1 is 1.22 bits per heavy atom. The normalized spacial score (nSPS) is 11.2. The van der Waals surface area contributed by atoms with Gasteiger partial charge in [-0.25, -0.2) is 4.98 Å². The van der Waals surface area contributed by atoms with Crippen molar-refractivity contribution in [1.82, 2.24) is 4.98 Å². The molecule has 18 heavy (non-hydrogen) atoms. The highest BCUT2D eigenvalue weighted by molar-refractivity contribution is 5.82. The largest absolute Gasteiger partial charge is 0.373 e. The Morgan fingerprint density at radius 2 is 2.00 bits per heavy atom. The third-order valence-electron chi connectivity index (χ3n) is 3.34. The molecule has 0 fully saturated rings. The summed E-state index contributed by atoms with van der Waals surface area (Å²) in [5.41, 5.74) is 3.76. The van der Waals surface area contributed by atoms with E-state index in [-0.39, 0.29) is 0 Å². The molecule has 2 nitrogen and oxygen atoms in total. The van der Waals surface area contributed by atoms with E-state index in [2.05, 4.69) is 50.4 Å². The molecule has 0 amide bonds. The molecule has 2 rings (SSSR count). The highest BCUT2D eigenvalue weighted by atomic mass is 15.0. The van der Waals surface area contributed by atoms with Crippen molar-refractivity contribution < 1.29 is 0 Å². The molecule has 1 heterocycles. The fourth-order valence-corrected chi connectivity index (χ4v) is 2.27. The van der Waals surface area contributed by atoms with Crippen LogP contribution < -0.4 is 5.32 Å². The molecule has 1 N–H and O–H groups in total. The van der Waals surface area contributed by atoms with Crippen molar-refractivity contribution in [2.45, 2.75) is 39.5 Å². The van der Waals surface area contributed by atoms with Gasteiger partial charge in [0, 0.05) is 12.4 Å². The second kappa shape index (κ2) is 5.38. The minimum Gasteiger partial charge on any atom is -0.373 e. The standard InChI is InChI=1S/C16H22N2/c1-5-6-13-10-14-9-12(11(2)3)7-8-15(14)18-16(13)17-4/h7-11H,5-6H2,1-4H3,(H,17,18). The van der Waals surface area contributed by atoms with Crippen molar-refractivity contribution >= 4 is 16.7 Å². The number of nitrogens with one attached hydrogen (secondary N) is 1. The second-order valence-electron chi connectivity index (χ2n) is 5.10. The predicted molar refractivity (Wildman–Crippen MR) is 79.4 cm³/mol. The Balaban J connectivity index is 2.56. The Labute approximate surface area is 109 Å². The van der Waals surface area contributed by atoms with Gasteiger partial charge < -0.3 is 5.32 Å². The van der Waals surface area contributed by atoms with Gasteiger partial charge in [0.05, 0.1) is 5.52 Å². The number of hydrogen-bond acceptors (Lipinski definition) is 2. The summed E-state index contributed by atoms with van der Waals surface area (Å²) in [7, 11) is 1.94. The number of fused-ring (bicyclic) bond motifs is 1. The highest BCUT2D eigenvalue weighted by Crippen LogP contribution is 2.25. The minimum absolute atomic E-state index is 0.563. The molecule has 1 aromatic carbocycles. The van der Waals surface area contributed by atoms with Crippen LogP contribution in [0.25, 0.3) is 10.9 Å². The Bertz CT molecular complexity index is 544. The van der Waals surface area contributed by atoms with Gasteiger partial charge in [-0.15, -0.1) is 0 Å². The maximum absolute atomic E-state index is 4.70. The molecule has 2 heteroatoms. The topological polar surface area (TPSA) is 24.9 Å². The van der Waals surface area contributed by atoms with E-state index in [1.807, 2.05) is 7.05 Å². The van der Waals surface area contributed by atoms with Crippen LogP contribution in [-0.4, -0.2) is 12.0 Å². The van der Waals surface area contributed by atoms with Crippen molar-refractivity contribution in [1.29, 1.82) is 0 Å². The summed E-state index contributed by atoms with van der Waals surface area (Å²) in [6.07, 6.45) is 2.22. The van der Waals surface area contributed by atoms with Crippen LogP contribution in [0, 0.1) is 0 Å². The van der Waals surface area contributed by atoms with Crippen LogP contribution >= 0.6 is 0 Å². The van der Waals surface area contributed by atoms with Crippen LogP contribution in [-0.2, 0) is 6.42 Å². The van der Waals surface area contributed by atoms with Gasteiger partial charge in [-0.1, -0.05) is 33.3 Å². The van der Waals surface area contributed by atoms with Crippen LogP contribution in [0.1, 0.15) is 44.2 Å². The molecule has 0 aliphatic carbocycles. The van der Waals surface area contributed by atoms with Crippen molar-refractivity contribution in [3.8, 4) is 0 Å². The molecule has 0 saturated carbocycles. The summed E-state index contributed by atoms with van der Waals surface area (Å²) < 4.78 is 0. The van der Waals surface area contributed by atoms with Gasteiger partial charge in [-0.05, 0) is 41.7 Å². The number of anilines is 1. The summed E-state index contributed by atoms with van der Waals surface area (Å²) in [5.74, 6) is 1.58. The summed E-state index contributed by atoms with van der Waals surface area (Å²) in [5, 5.41) is 4.45. The van der Waals surface area contributed by atoms with E-state index in [1.165, 1.54) is 16.5 Å². The van der Waals surface area contributed by atoms with Gasteiger partial charge in [-0.2, -0.15) is 0 Å². The molecular formula is C16H22N2. The number of aromatic nitrogens is 1.